The van der Waals surface area contributed by atoms with Gasteiger partial charge in [0.15, 0.2) is 5.13 Å². The minimum Gasteiger partial charge on any atom is -0.309 e. The summed E-state index contributed by atoms with van der Waals surface area (Å²) >= 11 is 1.50. The predicted octanol–water partition coefficient (Wildman–Crippen LogP) is 4.41. The Kier molecular flexibility index (Phi) is 8.70. The molecular formula is C24H31ClN4O3S2. The summed E-state index contributed by atoms with van der Waals surface area (Å²) in [6.07, 6.45) is 2.58. The first-order valence-electron chi connectivity index (χ1n) is 11.2. The van der Waals surface area contributed by atoms with Gasteiger partial charge < -0.3 is 4.90 Å². The number of thiazole rings is 1. The highest BCUT2D eigenvalue weighted by Gasteiger charge is 2.28. The van der Waals surface area contributed by atoms with E-state index in [1.165, 1.54) is 15.6 Å². The van der Waals surface area contributed by atoms with Gasteiger partial charge in [-0.05, 0) is 88.8 Å². The van der Waals surface area contributed by atoms with E-state index in [-0.39, 0.29) is 23.2 Å². The Morgan fingerprint density at radius 1 is 1.06 bits per heavy atom. The lowest BCUT2D eigenvalue weighted by Gasteiger charge is -2.21. The van der Waals surface area contributed by atoms with Gasteiger partial charge in [0.05, 0.1) is 15.1 Å². The number of aryl methyl sites for hydroxylation is 1. The lowest BCUT2D eigenvalue weighted by Crippen LogP contribution is -2.33. The molecule has 0 aliphatic carbocycles. The molecule has 1 amide bonds. The highest BCUT2D eigenvalue weighted by atomic mass is 35.5. The first-order chi connectivity index (χ1) is 15.8. The van der Waals surface area contributed by atoms with Crippen molar-refractivity contribution in [3.05, 3.63) is 53.6 Å². The summed E-state index contributed by atoms with van der Waals surface area (Å²) in [5, 5.41) is 0.660. The molecule has 2 heterocycles. The van der Waals surface area contributed by atoms with E-state index in [2.05, 4.69) is 11.0 Å². The SMILES string of the molecule is Cc1ccc2nc(N(CCCN(C)C)C(=O)c3ccc(S(=O)(=O)N4CCCC4)cc3)sc2c1.Cl. The monoisotopic (exact) mass is 522 g/mol. The third-order valence-corrected chi connectivity index (χ3v) is 8.75. The summed E-state index contributed by atoms with van der Waals surface area (Å²) in [5.41, 5.74) is 2.48. The second-order valence-electron chi connectivity index (χ2n) is 8.72. The minimum atomic E-state index is -3.51. The zero-order chi connectivity index (χ0) is 23.6. The number of fused-ring (bicyclic) bond motifs is 1. The molecule has 0 spiro atoms. The molecule has 10 heteroatoms. The molecule has 2 aromatic carbocycles. The van der Waals surface area contributed by atoms with Gasteiger partial charge in [0.25, 0.3) is 5.91 Å². The van der Waals surface area contributed by atoms with Gasteiger partial charge >= 0.3 is 0 Å². The lowest BCUT2D eigenvalue weighted by molar-refractivity contribution is 0.0986. The van der Waals surface area contributed by atoms with Crippen molar-refractivity contribution < 1.29 is 13.2 Å². The molecule has 0 saturated carbocycles. The first-order valence-corrected chi connectivity index (χ1v) is 13.5. The number of anilines is 1. The van der Waals surface area contributed by atoms with Crippen LogP contribution in [-0.4, -0.2) is 68.8 Å². The zero-order valence-corrected chi connectivity index (χ0v) is 22.2. The molecular weight excluding hydrogens is 492 g/mol. The van der Waals surface area contributed by atoms with Crippen molar-refractivity contribution in [3.8, 4) is 0 Å². The van der Waals surface area contributed by atoms with Crippen LogP contribution in [0.15, 0.2) is 47.4 Å². The highest BCUT2D eigenvalue weighted by Crippen LogP contribution is 2.31. The maximum Gasteiger partial charge on any atom is 0.260 e. The van der Waals surface area contributed by atoms with E-state index < -0.39 is 10.0 Å². The summed E-state index contributed by atoms with van der Waals surface area (Å²) < 4.78 is 28.2. The van der Waals surface area contributed by atoms with E-state index in [0.717, 1.165) is 41.6 Å². The average Bonchev–Trinajstić information content (AvgIpc) is 3.46. The Morgan fingerprint density at radius 3 is 2.38 bits per heavy atom. The van der Waals surface area contributed by atoms with E-state index in [1.54, 1.807) is 29.2 Å². The van der Waals surface area contributed by atoms with Crippen molar-refractivity contribution in [2.24, 2.45) is 0 Å². The highest BCUT2D eigenvalue weighted by molar-refractivity contribution is 7.89. The van der Waals surface area contributed by atoms with Gasteiger partial charge in [0.2, 0.25) is 10.0 Å². The average molecular weight is 523 g/mol. The molecule has 1 aliphatic rings. The van der Waals surface area contributed by atoms with Crippen molar-refractivity contribution >= 4 is 55.0 Å². The Labute approximate surface area is 211 Å². The largest absolute Gasteiger partial charge is 0.309 e. The first kappa shape index (κ1) is 26.6. The third-order valence-electron chi connectivity index (χ3n) is 5.80. The quantitative estimate of drug-likeness (QED) is 0.438. The van der Waals surface area contributed by atoms with Gasteiger partial charge in [-0.25, -0.2) is 13.4 Å². The van der Waals surface area contributed by atoms with Gasteiger partial charge in [-0.2, -0.15) is 4.31 Å². The molecule has 1 saturated heterocycles. The number of aromatic nitrogens is 1. The Balaban J connectivity index is 0.00000324. The van der Waals surface area contributed by atoms with Gasteiger partial charge in [0.1, 0.15) is 0 Å². The molecule has 1 aliphatic heterocycles. The molecule has 3 aromatic rings. The minimum absolute atomic E-state index is 0. The van der Waals surface area contributed by atoms with E-state index in [4.69, 9.17) is 4.98 Å². The number of carbonyl (C=O) groups is 1. The number of rotatable bonds is 8. The Hall–Kier alpha value is -2.04. The Bertz CT molecular complexity index is 1240. The van der Waals surface area contributed by atoms with Crippen molar-refractivity contribution in [2.45, 2.75) is 31.1 Å². The number of hydrogen-bond acceptors (Lipinski definition) is 6. The van der Waals surface area contributed by atoms with Crippen LogP contribution in [0.5, 0.6) is 0 Å². The van der Waals surface area contributed by atoms with E-state index >= 15 is 0 Å². The van der Waals surface area contributed by atoms with Crippen LogP contribution in [0.1, 0.15) is 35.2 Å². The normalized spacial score (nSPS) is 14.5. The third kappa shape index (κ3) is 5.78. The van der Waals surface area contributed by atoms with Crippen LogP contribution in [-0.2, 0) is 10.0 Å². The molecule has 1 fully saturated rings. The topological polar surface area (TPSA) is 73.8 Å². The lowest BCUT2D eigenvalue weighted by atomic mass is 10.2. The number of halogens is 1. The Morgan fingerprint density at radius 2 is 1.74 bits per heavy atom. The van der Waals surface area contributed by atoms with E-state index in [1.807, 2.05) is 33.2 Å². The van der Waals surface area contributed by atoms with Gasteiger partial charge in [-0.15, -0.1) is 12.4 Å². The molecule has 0 bridgehead atoms. The van der Waals surface area contributed by atoms with Crippen molar-refractivity contribution in [2.75, 3.05) is 45.2 Å². The van der Waals surface area contributed by atoms with Crippen LogP contribution < -0.4 is 4.90 Å². The fourth-order valence-electron chi connectivity index (χ4n) is 3.97. The number of hydrogen-bond donors (Lipinski definition) is 0. The number of sulfonamides is 1. The molecule has 0 unspecified atom stereocenters. The number of amides is 1. The summed E-state index contributed by atoms with van der Waals surface area (Å²) in [4.78, 5) is 22.2. The van der Waals surface area contributed by atoms with Crippen LogP contribution in [0.4, 0.5) is 5.13 Å². The summed E-state index contributed by atoms with van der Waals surface area (Å²) in [6, 6.07) is 12.4. The number of benzene rings is 2. The second kappa shape index (κ2) is 11.1. The van der Waals surface area contributed by atoms with Crippen molar-refractivity contribution in [1.29, 1.82) is 0 Å². The van der Waals surface area contributed by atoms with Crippen molar-refractivity contribution in [1.82, 2.24) is 14.2 Å². The fourth-order valence-corrected chi connectivity index (χ4v) is 6.57. The van der Waals surface area contributed by atoms with Gasteiger partial charge in [0, 0.05) is 25.2 Å². The van der Waals surface area contributed by atoms with E-state index in [0.29, 0.717) is 30.3 Å². The molecule has 1 aromatic heterocycles. The standard InChI is InChI=1S/C24H30N4O3S2.ClH/c1-18-7-12-21-22(17-18)32-24(25-21)28(16-6-13-26(2)3)23(29)19-8-10-20(11-9-19)33(30,31)27-14-4-5-15-27;/h7-12,17H,4-6,13-16H2,1-3H3;1H. The molecule has 0 radical (unpaired) electrons. The fraction of sp³-hybridized carbons (Fsp3) is 0.417. The van der Waals surface area contributed by atoms with Crippen LogP contribution in [0, 0.1) is 6.92 Å². The molecule has 0 atom stereocenters. The molecule has 0 N–H and O–H groups in total. The van der Waals surface area contributed by atoms with Gasteiger partial charge in [-0.1, -0.05) is 17.4 Å². The zero-order valence-electron chi connectivity index (χ0n) is 19.7. The summed E-state index contributed by atoms with van der Waals surface area (Å²) in [6.45, 7) is 4.53. The summed E-state index contributed by atoms with van der Waals surface area (Å²) in [7, 11) is 0.506. The van der Waals surface area contributed by atoms with Crippen LogP contribution >= 0.6 is 23.7 Å². The van der Waals surface area contributed by atoms with Crippen molar-refractivity contribution in [3.63, 3.8) is 0 Å². The van der Waals surface area contributed by atoms with Crippen LogP contribution in [0.2, 0.25) is 0 Å². The predicted molar refractivity (Wildman–Crippen MR) is 141 cm³/mol. The second-order valence-corrected chi connectivity index (χ2v) is 11.7. The van der Waals surface area contributed by atoms with Crippen LogP contribution in [0.3, 0.4) is 0 Å². The molecule has 34 heavy (non-hydrogen) atoms. The van der Waals surface area contributed by atoms with Gasteiger partial charge in [-0.3, -0.25) is 9.69 Å². The molecule has 7 nitrogen and oxygen atoms in total. The van der Waals surface area contributed by atoms with E-state index in [9.17, 15) is 13.2 Å². The van der Waals surface area contributed by atoms with Crippen LogP contribution in [0.25, 0.3) is 10.2 Å². The maximum absolute atomic E-state index is 13.5. The number of carbonyl (C=O) groups excluding carboxylic acids is 1. The molecule has 4 rings (SSSR count). The smallest absolute Gasteiger partial charge is 0.260 e. The number of nitrogens with zero attached hydrogens (tertiary/aromatic N) is 4. The molecule has 184 valence electrons. The maximum atomic E-state index is 13.5. The summed E-state index contributed by atoms with van der Waals surface area (Å²) in [5.74, 6) is -0.172.